The van der Waals surface area contributed by atoms with Crippen molar-refractivity contribution in [2.75, 3.05) is 18.4 Å². The molecule has 0 aromatic heterocycles. The van der Waals surface area contributed by atoms with Crippen LogP contribution in [-0.2, 0) is 14.8 Å². The summed E-state index contributed by atoms with van der Waals surface area (Å²) < 4.78 is 34.8. The average Bonchev–Trinajstić information content (AvgIpc) is 2.79. The number of carbonyl (C=O) groups excluding carboxylic acids is 2. The number of amides is 2. The highest BCUT2D eigenvalue weighted by Gasteiger charge is 2.31. The second-order valence-electron chi connectivity index (χ2n) is 10.1. The third-order valence-corrected chi connectivity index (χ3v) is 8.34. The Morgan fingerprint density at radius 1 is 1.11 bits per heavy atom. The van der Waals surface area contributed by atoms with Crippen molar-refractivity contribution in [3.8, 4) is 0 Å². The molecule has 2 aromatic rings. The van der Waals surface area contributed by atoms with Crippen molar-refractivity contribution in [3.05, 3.63) is 58.1 Å². The van der Waals surface area contributed by atoms with Gasteiger partial charge in [-0.15, -0.1) is 0 Å². The first-order valence-corrected chi connectivity index (χ1v) is 14.2. The molecule has 3 rings (SSSR count). The van der Waals surface area contributed by atoms with E-state index in [9.17, 15) is 18.0 Å². The first-order chi connectivity index (χ1) is 16.8. The molecule has 196 valence electrons. The van der Waals surface area contributed by atoms with Crippen LogP contribution in [0, 0.1) is 12.8 Å². The molecule has 0 aliphatic carbocycles. The zero-order valence-corrected chi connectivity index (χ0v) is 23.7. The maximum Gasteiger partial charge on any atom is 0.410 e. The third-order valence-electron chi connectivity index (χ3n) is 6.13. The monoisotopic (exact) mass is 579 g/mol. The highest BCUT2D eigenvalue weighted by atomic mass is 79.9. The second kappa shape index (κ2) is 11.3. The van der Waals surface area contributed by atoms with Gasteiger partial charge in [0, 0.05) is 29.2 Å². The van der Waals surface area contributed by atoms with Crippen molar-refractivity contribution in [3.63, 3.8) is 0 Å². The topological polar surface area (TPSA) is 105 Å². The number of likely N-dealkylation sites (tertiary alicyclic amines) is 1. The summed E-state index contributed by atoms with van der Waals surface area (Å²) in [5.74, 6) is -0.177. The summed E-state index contributed by atoms with van der Waals surface area (Å²) >= 11 is 3.39. The Morgan fingerprint density at radius 2 is 1.75 bits per heavy atom. The van der Waals surface area contributed by atoms with E-state index in [-0.39, 0.29) is 28.9 Å². The Balaban J connectivity index is 1.61. The molecule has 36 heavy (non-hydrogen) atoms. The van der Waals surface area contributed by atoms with Crippen molar-refractivity contribution < 1.29 is 22.7 Å². The van der Waals surface area contributed by atoms with Gasteiger partial charge in [-0.1, -0.05) is 18.2 Å². The molecule has 2 N–H and O–H groups in total. The number of rotatable bonds is 6. The largest absolute Gasteiger partial charge is 0.444 e. The molecule has 1 fully saturated rings. The molecular formula is C26H34BrN3O5S. The first-order valence-electron chi connectivity index (χ1n) is 11.9. The first kappa shape index (κ1) is 28.1. The van der Waals surface area contributed by atoms with E-state index in [4.69, 9.17) is 4.74 Å². The van der Waals surface area contributed by atoms with Gasteiger partial charge in [0.2, 0.25) is 10.0 Å². The minimum atomic E-state index is -3.79. The highest BCUT2D eigenvalue weighted by Crippen LogP contribution is 2.28. The van der Waals surface area contributed by atoms with Gasteiger partial charge in [0.25, 0.3) is 5.91 Å². The Hall–Kier alpha value is -2.43. The quantitative estimate of drug-likeness (QED) is 0.481. The van der Waals surface area contributed by atoms with Crippen molar-refractivity contribution in [2.45, 2.75) is 64.0 Å². The van der Waals surface area contributed by atoms with Gasteiger partial charge < -0.3 is 15.0 Å². The van der Waals surface area contributed by atoms with Crippen LogP contribution in [0.15, 0.2) is 51.8 Å². The maximum absolute atomic E-state index is 13.1. The number of benzene rings is 2. The highest BCUT2D eigenvalue weighted by molar-refractivity contribution is 9.10. The molecule has 10 heteroatoms. The van der Waals surface area contributed by atoms with Crippen molar-refractivity contribution >= 4 is 43.6 Å². The molecule has 1 aliphatic rings. The van der Waals surface area contributed by atoms with Crippen LogP contribution in [0.25, 0.3) is 0 Å². The minimum absolute atomic E-state index is 0.0922. The van der Waals surface area contributed by atoms with Crippen LogP contribution in [0.3, 0.4) is 0 Å². The third kappa shape index (κ3) is 7.30. The molecule has 1 saturated heterocycles. The number of anilines is 1. The standard InChI is InChI=1S/C26H34BrN3O5S/c1-17-8-6-7-9-21(17)24(31)28-23-11-10-20(16-22(23)27)36(33,34)29-18(2)19-12-14-30(15-13-19)25(32)35-26(3,4)5/h6-11,16,18-19,29H,12-15H2,1-5H3,(H,28,31). The smallest absolute Gasteiger partial charge is 0.410 e. The maximum atomic E-state index is 13.1. The number of piperidine rings is 1. The average molecular weight is 581 g/mol. The van der Waals surface area contributed by atoms with E-state index >= 15 is 0 Å². The van der Waals surface area contributed by atoms with Gasteiger partial charge in [0.15, 0.2) is 0 Å². The molecule has 1 heterocycles. The van der Waals surface area contributed by atoms with Crippen LogP contribution in [-0.4, -0.2) is 50.1 Å². The number of sulfonamides is 1. The summed E-state index contributed by atoms with van der Waals surface area (Å²) in [6.45, 7) is 10.2. The van der Waals surface area contributed by atoms with E-state index in [0.717, 1.165) is 5.56 Å². The lowest BCUT2D eigenvalue weighted by Gasteiger charge is -2.35. The summed E-state index contributed by atoms with van der Waals surface area (Å²) in [5.41, 5.74) is 1.32. The zero-order valence-electron chi connectivity index (χ0n) is 21.3. The number of halogens is 1. The van der Waals surface area contributed by atoms with Crippen LogP contribution in [0.5, 0.6) is 0 Å². The molecule has 1 unspecified atom stereocenters. The van der Waals surface area contributed by atoms with Crippen molar-refractivity contribution in [1.82, 2.24) is 9.62 Å². The fourth-order valence-corrected chi connectivity index (χ4v) is 6.07. The molecule has 8 nitrogen and oxygen atoms in total. The van der Waals surface area contributed by atoms with Gasteiger partial charge in [-0.25, -0.2) is 17.9 Å². The van der Waals surface area contributed by atoms with Gasteiger partial charge in [-0.3, -0.25) is 4.79 Å². The van der Waals surface area contributed by atoms with Crippen molar-refractivity contribution in [2.24, 2.45) is 5.92 Å². The number of nitrogens with one attached hydrogen (secondary N) is 2. The van der Waals surface area contributed by atoms with Crippen LogP contribution in [0.1, 0.15) is 56.5 Å². The van der Waals surface area contributed by atoms with Crippen LogP contribution in [0.4, 0.5) is 10.5 Å². The van der Waals surface area contributed by atoms with E-state index in [1.807, 2.05) is 46.8 Å². The van der Waals surface area contributed by atoms with Gasteiger partial charge in [0.1, 0.15) is 5.60 Å². The normalized spacial score (nSPS) is 15.9. The summed E-state index contributed by atoms with van der Waals surface area (Å²) in [5, 5.41) is 2.82. The van der Waals surface area contributed by atoms with E-state index in [1.165, 1.54) is 12.1 Å². The molecule has 2 amide bonds. The number of hydrogen-bond donors (Lipinski definition) is 2. The summed E-state index contributed by atoms with van der Waals surface area (Å²) in [7, 11) is -3.79. The van der Waals surface area contributed by atoms with E-state index in [0.29, 0.717) is 41.7 Å². The lowest BCUT2D eigenvalue weighted by Crippen LogP contribution is -2.46. The predicted octanol–water partition coefficient (Wildman–Crippen LogP) is 5.32. The molecule has 2 aromatic carbocycles. The Morgan fingerprint density at radius 3 is 2.33 bits per heavy atom. The van der Waals surface area contributed by atoms with Gasteiger partial charge in [-0.2, -0.15) is 0 Å². The van der Waals surface area contributed by atoms with Crippen LogP contribution in [0.2, 0.25) is 0 Å². The summed E-state index contributed by atoms with van der Waals surface area (Å²) in [6.07, 6.45) is 1.01. The Labute approximate surface area is 222 Å². The van der Waals surface area contributed by atoms with Crippen molar-refractivity contribution in [1.29, 1.82) is 0 Å². The Bertz CT molecular complexity index is 1220. The van der Waals surface area contributed by atoms with E-state index < -0.39 is 15.6 Å². The number of carbonyl (C=O) groups is 2. The van der Waals surface area contributed by atoms with Crippen LogP contribution < -0.4 is 10.0 Å². The fraction of sp³-hybridized carbons (Fsp3) is 0.462. The molecule has 1 atom stereocenters. The second-order valence-corrected chi connectivity index (χ2v) is 12.7. The zero-order chi connectivity index (χ0) is 26.7. The van der Waals surface area contributed by atoms with Gasteiger partial charge in [-0.05, 0) is 99.1 Å². The molecule has 1 aliphatic heterocycles. The van der Waals surface area contributed by atoms with E-state index in [2.05, 4.69) is 26.0 Å². The molecule has 0 spiro atoms. The summed E-state index contributed by atoms with van der Waals surface area (Å²) in [4.78, 5) is 26.7. The number of hydrogen-bond acceptors (Lipinski definition) is 5. The fourth-order valence-electron chi connectivity index (χ4n) is 4.10. The SMILES string of the molecule is Cc1ccccc1C(=O)Nc1ccc(S(=O)(=O)NC(C)C2CCN(C(=O)OC(C)(C)C)CC2)cc1Br. The lowest BCUT2D eigenvalue weighted by molar-refractivity contribution is 0.0174. The Kier molecular flexibility index (Phi) is 8.84. The predicted molar refractivity (Wildman–Crippen MR) is 144 cm³/mol. The van der Waals surface area contributed by atoms with Gasteiger partial charge >= 0.3 is 6.09 Å². The molecule has 0 saturated carbocycles. The molecule has 0 bridgehead atoms. The van der Waals surface area contributed by atoms with Gasteiger partial charge in [0.05, 0.1) is 10.6 Å². The summed E-state index contributed by atoms with van der Waals surface area (Å²) in [6, 6.07) is 11.5. The number of ether oxygens (including phenoxy) is 1. The van der Waals surface area contributed by atoms with Crippen LogP contribution >= 0.6 is 15.9 Å². The molecule has 0 radical (unpaired) electrons. The molecular weight excluding hydrogens is 546 g/mol. The lowest BCUT2D eigenvalue weighted by atomic mass is 9.91. The number of nitrogens with zero attached hydrogens (tertiary/aromatic N) is 1. The minimum Gasteiger partial charge on any atom is -0.444 e. The van der Waals surface area contributed by atoms with E-state index in [1.54, 1.807) is 23.1 Å². The number of aryl methyl sites for hydroxylation is 1.